The summed E-state index contributed by atoms with van der Waals surface area (Å²) in [7, 11) is 0. The minimum atomic E-state index is -4.03. The Morgan fingerprint density at radius 1 is 0.853 bits per heavy atom. The number of ether oxygens (including phenoxy) is 2. The molecule has 0 aliphatic heterocycles. The number of benzene rings is 1. The van der Waals surface area contributed by atoms with Crippen LogP contribution in [0.3, 0.4) is 0 Å². The molecule has 0 radical (unpaired) electrons. The average molecular weight is 487 g/mol. The van der Waals surface area contributed by atoms with Crippen molar-refractivity contribution in [2.75, 3.05) is 6.61 Å². The third-order valence-electron chi connectivity index (χ3n) is 6.17. The van der Waals surface area contributed by atoms with Gasteiger partial charge in [-0.15, -0.1) is 0 Å². The molecule has 1 aliphatic carbocycles. The number of carbonyl (C=O) groups is 2. The van der Waals surface area contributed by atoms with E-state index < -0.39 is 18.6 Å². The van der Waals surface area contributed by atoms with Crippen LogP contribution in [0.2, 0.25) is 0 Å². The van der Waals surface area contributed by atoms with Crippen LogP contribution in [0.5, 0.6) is 0 Å². The number of esters is 1. The summed E-state index contributed by atoms with van der Waals surface area (Å²) in [6.45, 7) is 0.692. The van der Waals surface area contributed by atoms with Crippen LogP contribution >= 0.6 is 0 Å². The highest BCUT2D eigenvalue weighted by molar-refractivity contribution is 5.89. The zero-order chi connectivity index (χ0) is 24.8. The summed E-state index contributed by atoms with van der Waals surface area (Å²) >= 11 is 0. The summed E-state index contributed by atoms with van der Waals surface area (Å²) in [5.41, 5.74) is 1.34. The Labute approximate surface area is 200 Å². The molecule has 0 spiro atoms. The molecule has 192 valence electrons. The van der Waals surface area contributed by atoms with Crippen LogP contribution in [-0.4, -0.2) is 42.0 Å². The lowest BCUT2D eigenvalue weighted by Gasteiger charge is -2.28. The molecule has 2 rings (SSSR count). The van der Waals surface area contributed by atoms with Gasteiger partial charge in [0.15, 0.2) is 0 Å². The highest BCUT2D eigenvalue weighted by Gasteiger charge is 2.26. The molecule has 1 fully saturated rings. The lowest BCUT2D eigenvalue weighted by molar-refractivity contribution is -0.137. The lowest BCUT2D eigenvalue weighted by atomic mass is 9.95. The maximum atomic E-state index is 12.4. The summed E-state index contributed by atoms with van der Waals surface area (Å²) in [6, 6.07) is 6.88. The van der Waals surface area contributed by atoms with Crippen molar-refractivity contribution in [3.8, 4) is 0 Å². The van der Waals surface area contributed by atoms with Crippen LogP contribution in [0.4, 0.5) is 13.2 Å². The van der Waals surface area contributed by atoms with E-state index in [-0.39, 0.29) is 31.0 Å². The van der Waals surface area contributed by atoms with Crippen LogP contribution in [0.15, 0.2) is 24.3 Å². The summed E-state index contributed by atoms with van der Waals surface area (Å²) in [5, 5.41) is 8.74. The first kappa shape index (κ1) is 28.1. The molecule has 0 atom stereocenters. The summed E-state index contributed by atoms with van der Waals surface area (Å²) in [5.74, 6) is -1.20. The summed E-state index contributed by atoms with van der Waals surface area (Å²) in [4.78, 5) is 23.0. The Morgan fingerprint density at radius 2 is 1.41 bits per heavy atom. The molecule has 0 saturated heterocycles. The molecule has 8 heteroatoms. The molecule has 1 saturated carbocycles. The first-order chi connectivity index (χ1) is 16.2. The highest BCUT2D eigenvalue weighted by Crippen LogP contribution is 2.25. The first-order valence-electron chi connectivity index (χ1n) is 12.4. The molecular formula is C26H37F3O5. The van der Waals surface area contributed by atoms with E-state index in [0.29, 0.717) is 25.0 Å². The average Bonchev–Trinajstić information content (AvgIpc) is 2.79. The molecular weight excluding hydrogens is 449 g/mol. The standard InChI is InChI=1S/C26H37F3O5/c27-26(28,29)18-6-4-2-1-3-5-7-19-33-22-13-15-23(16-14-22)34-25(32)21-11-8-20(9-12-21)10-17-24(30)31/h8-9,11-12,22-23H,1-7,10,13-19H2,(H,30,31). The van der Waals surface area contributed by atoms with Gasteiger partial charge < -0.3 is 14.6 Å². The lowest BCUT2D eigenvalue weighted by Crippen LogP contribution is -2.28. The number of aryl methyl sites for hydroxylation is 1. The van der Waals surface area contributed by atoms with Crippen molar-refractivity contribution in [3.05, 3.63) is 35.4 Å². The molecule has 0 unspecified atom stereocenters. The number of hydrogen-bond acceptors (Lipinski definition) is 4. The van der Waals surface area contributed by atoms with E-state index in [4.69, 9.17) is 14.6 Å². The van der Waals surface area contributed by atoms with Crippen LogP contribution < -0.4 is 0 Å². The van der Waals surface area contributed by atoms with E-state index in [9.17, 15) is 22.8 Å². The van der Waals surface area contributed by atoms with Gasteiger partial charge in [0, 0.05) is 19.4 Å². The van der Waals surface area contributed by atoms with Crippen LogP contribution in [0.25, 0.3) is 0 Å². The Hall–Kier alpha value is -2.09. The molecule has 0 bridgehead atoms. The van der Waals surface area contributed by atoms with Gasteiger partial charge in [-0.3, -0.25) is 4.79 Å². The van der Waals surface area contributed by atoms with Crippen molar-refractivity contribution in [2.45, 2.75) is 108 Å². The van der Waals surface area contributed by atoms with Gasteiger partial charge in [-0.1, -0.05) is 44.2 Å². The number of rotatable bonds is 15. The Morgan fingerprint density at radius 3 is 2.00 bits per heavy atom. The van der Waals surface area contributed by atoms with Crippen molar-refractivity contribution in [1.82, 2.24) is 0 Å². The number of carboxylic acids is 1. The normalized spacial score (nSPS) is 18.6. The van der Waals surface area contributed by atoms with Crippen molar-refractivity contribution in [2.24, 2.45) is 0 Å². The van der Waals surface area contributed by atoms with Crippen LogP contribution in [-0.2, 0) is 20.7 Å². The number of carboxylic acid groups (broad SMARTS) is 1. The quantitative estimate of drug-likeness (QED) is 0.216. The number of halogens is 3. The molecule has 5 nitrogen and oxygen atoms in total. The van der Waals surface area contributed by atoms with Gasteiger partial charge in [0.1, 0.15) is 6.10 Å². The van der Waals surface area contributed by atoms with Gasteiger partial charge in [-0.05, 0) is 62.6 Å². The van der Waals surface area contributed by atoms with Gasteiger partial charge in [-0.25, -0.2) is 4.79 Å². The number of carbonyl (C=O) groups excluding carboxylic acids is 1. The molecule has 0 aromatic heterocycles. The molecule has 1 N–H and O–H groups in total. The van der Waals surface area contributed by atoms with Gasteiger partial charge in [0.05, 0.1) is 11.7 Å². The molecule has 1 aliphatic rings. The van der Waals surface area contributed by atoms with E-state index in [1.54, 1.807) is 24.3 Å². The topological polar surface area (TPSA) is 72.8 Å². The van der Waals surface area contributed by atoms with Crippen molar-refractivity contribution in [3.63, 3.8) is 0 Å². The van der Waals surface area contributed by atoms with Gasteiger partial charge >= 0.3 is 18.1 Å². The molecule has 0 heterocycles. The number of alkyl halides is 3. The fourth-order valence-corrected chi connectivity index (χ4v) is 4.16. The predicted octanol–water partition coefficient (Wildman–Crippen LogP) is 6.87. The largest absolute Gasteiger partial charge is 0.481 e. The zero-order valence-corrected chi connectivity index (χ0v) is 19.8. The third kappa shape index (κ3) is 12.4. The van der Waals surface area contributed by atoms with E-state index in [0.717, 1.165) is 63.4 Å². The molecule has 1 aromatic carbocycles. The van der Waals surface area contributed by atoms with Gasteiger partial charge in [0.25, 0.3) is 0 Å². The smallest absolute Gasteiger partial charge is 0.389 e. The minimum Gasteiger partial charge on any atom is -0.481 e. The van der Waals surface area contributed by atoms with Crippen LogP contribution in [0, 0.1) is 0 Å². The fraction of sp³-hybridized carbons (Fsp3) is 0.692. The summed E-state index contributed by atoms with van der Waals surface area (Å²) < 4.78 is 47.8. The molecule has 0 amide bonds. The summed E-state index contributed by atoms with van der Waals surface area (Å²) in [6.07, 6.45) is 4.81. The zero-order valence-electron chi connectivity index (χ0n) is 19.8. The second-order valence-electron chi connectivity index (χ2n) is 9.11. The van der Waals surface area contributed by atoms with Gasteiger partial charge in [0.2, 0.25) is 0 Å². The first-order valence-corrected chi connectivity index (χ1v) is 12.4. The Kier molecular flexibility index (Phi) is 12.4. The maximum absolute atomic E-state index is 12.4. The number of unbranched alkanes of at least 4 members (excludes halogenated alkanes) is 6. The Balaban J connectivity index is 1.50. The number of aliphatic carboxylic acids is 1. The van der Waals surface area contributed by atoms with Gasteiger partial charge in [-0.2, -0.15) is 13.2 Å². The second-order valence-corrected chi connectivity index (χ2v) is 9.11. The van der Waals surface area contributed by atoms with E-state index in [2.05, 4.69) is 0 Å². The molecule has 34 heavy (non-hydrogen) atoms. The van der Waals surface area contributed by atoms with E-state index >= 15 is 0 Å². The predicted molar refractivity (Wildman–Crippen MR) is 123 cm³/mol. The van der Waals surface area contributed by atoms with E-state index in [1.165, 1.54) is 0 Å². The maximum Gasteiger partial charge on any atom is 0.389 e. The number of hydrogen-bond donors (Lipinski definition) is 1. The van der Waals surface area contributed by atoms with E-state index in [1.807, 2.05) is 0 Å². The second kappa shape index (κ2) is 15.0. The monoisotopic (exact) mass is 486 g/mol. The van der Waals surface area contributed by atoms with Crippen LogP contribution in [0.1, 0.15) is 99.4 Å². The van der Waals surface area contributed by atoms with Crippen molar-refractivity contribution >= 4 is 11.9 Å². The Bertz CT molecular complexity index is 725. The SMILES string of the molecule is O=C(O)CCc1ccc(C(=O)OC2CCC(OCCCCCCCCCC(F)(F)F)CC2)cc1. The highest BCUT2D eigenvalue weighted by atomic mass is 19.4. The molecule has 1 aromatic rings. The fourth-order valence-electron chi connectivity index (χ4n) is 4.16. The minimum absolute atomic E-state index is 0.0590. The van der Waals surface area contributed by atoms with Crippen molar-refractivity contribution in [1.29, 1.82) is 0 Å². The van der Waals surface area contributed by atoms with Crippen molar-refractivity contribution < 1.29 is 37.3 Å². The third-order valence-corrected chi connectivity index (χ3v) is 6.17.